The molecule has 1 aliphatic carbocycles. The van der Waals surface area contributed by atoms with Crippen LogP contribution in [-0.2, 0) is 4.79 Å². The van der Waals surface area contributed by atoms with Crippen molar-refractivity contribution >= 4 is 56.0 Å². The molecule has 12 heavy (non-hydrogen) atoms. The Morgan fingerprint density at radius 1 is 1.67 bits per heavy atom. The summed E-state index contributed by atoms with van der Waals surface area (Å²) in [5, 5.41) is -0.185. The highest BCUT2D eigenvalue weighted by Crippen LogP contribution is 2.45. The molecule has 1 aliphatic rings. The maximum atomic E-state index is 10.9. The fraction of sp³-hybridized carbons (Fsp3) is 0.286. The summed E-state index contributed by atoms with van der Waals surface area (Å²) in [7, 11) is 0. The van der Waals surface area contributed by atoms with Gasteiger partial charge in [0.1, 0.15) is 3.78 Å². The molecule has 0 amide bonds. The van der Waals surface area contributed by atoms with E-state index in [2.05, 4.69) is 15.9 Å². The molecule has 1 nitrogen and oxygen atoms in total. The monoisotopic (exact) mass is 288 g/mol. The van der Waals surface area contributed by atoms with Gasteiger partial charge in [-0.3, -0.25) is 4.79 Å². The fourth-order valence-corrected chi connectivity index (χ4v) is 2.19. The largest absolute Gasteiger partial charge is 0.281 e. The van der Waals surface area contributed by atoms with Crippen LogP contribution in [0.15, 0.2) is 23.3 Å². The Bertz CT molecular complexity index is 270. The molecule has 0 radical (unpaired) electrons. The predicted octanol–water partition coefficient (Wildman–Crippen LogP) is 3.39. The molecular formula is C7H4BrCl3O. The van der Waals surface area contributed by atoms with Gasteiger partial charge in [-0.1, -0.05) is 51.3 Å². The van der Waals surface area contributed by atoms with Gasteiger partial charge in [-0.2, -0.15) is 0 Å². The van der Waals surface area contributed by atoms with Gasteiger partial charge in [-0.05, 0) is 17.7 Å². The van der Waals surface area contributed by atoms with Gasteiger partial charge in [-0.15, -0.1) is 0 Å². The second-order valence-corrected chi connectivity index (χ2v) is 5.39. The summed E-state index contributed by atoms with van der Waals surface area (Å²) < 4.78 is -1.08. The van der Waals surface area contributed by atoms with Crippen molar-refractivity contribution in [3.63, 3.8) is 0 Å². The lowest BCUT2D eigenvalue weighted by atomic mass is 10.0. The first-order chi connectivity index (χ1) is 5.46. The first kappa shape index (κ1) is 10.6. The van der Waals surface area contributed by atoms with Gasteiger partial charge in [0, 0.05) is 0 Å². The molecule has 0 saturated heterocycles. The van der Waals surface area contributed by atoms with E-state index >= 15 is 0 Å². The highest BCUT2D eigenvalue weighted by molar-refractivity contribution is 9.10. The topological polar surface area (TPSA) is 17.1 Å². The molecule has 0 heterocycles. The molecule has 0 bridgehead atoms. The maximum Gasteiger partial charge on any atom is 0.231 e. The van der Waals surface area contributed by atoms with E-state index in [4.69, 9.17) is 34.8 Å². The number of halogens is 4. The molecular weight excluding hydrogens is 286 g/mol. The molecule has 0 aromatic heterocycles. The van der Waals surface area contributed by atoms with E-state index in [9.17, 15) is 4.79 Å². The summed E-state index contributed by atoms with van der Waals surface area (Å²) >= 11 is 20.2. The minimum absolute atomic E-state index is 0.352. The van der Waals surface area contributed by atoms with Gasteiger partial charge in [0.2, 0.25) is 5.24 Å². The van der Waals surface area contributed by atoms with Crippen LogP contribution in [0.25, 0.3) is 0 Å². The Labute approximate surface area is 93.5 Å². The number of hydrogen-bond donors (Lipinski definition) is 0. The Morgan fingerprint density at radius 2 is 2.25 bits per heavy atom. The van der Waals surface area contributed by atoms with E-state index in [1.54, 1.807) is 18.2 Å². The zero-order valence-electron chi connectivity index (χ0n) is 5.73. The lowest BCUT2D eigenvalue weighted by molar-refractivity contribution is -0.113. The number of carbonyl (C=O) groups is 1. The van der Waals surface area contributed by atoms with Crippen LogP contribution in [0.1, 0.15) is 0 Å². The van der Waals surface area contributed by atoms with Crippen molar-refractivity contribution in [2.75, 3.05) is 0 Å². The zero-order valence-corrected chi connectivity index (χ0v) is 9.58. The third kappa shape index (κ3) is 1.87. The van der Waals surface area contributed by atoms with Gasteiger partial charge < -0.3 is 0 Å². The van der Waals surface area contributed by atoms with Crippen LogP contribution in [0, 0.1) is 5.92 Å². The third-order valence-electron chi connectivity index (χ3n) is 1.50. The summed E-state index contributed by atoms with van der Waals surface area (Å²) in [5.41, 5.74) is 0. The Morgan fingerprint density at radius 3 is 2.67 bits per heavy atom. The zero-order chi connectivity index (χ0) is 9.35. The second-order valence-electron chi connectivity index (χ2n) is 2.30. The summed E-state index contributed by atoms with van der Waals surface area (Å²) in [6.45, 7) is 0. The van der Waals surface area contributed by atoms with Gasteiger partial charge in [0.15, 0.2) is 0 Å². The average molecular weight is 290 g/mol. The Balaban J connectivity index is 3.01. The number of allylic oxidation sites excluding steroid dienone is 4. The van der Waals surface area contributed by atoms with Crippen LogP contribution in [0.2, 0.25) is 0 Å². The quantitative estimate of drug-likeness (QED) is 0.534. The van der Waals surface area contributed by atoms with Crippen molar-refractivity contribution in [1.29, 1.82) is 0 Å². The minimum Gasteiger partial charge on any atom is -0.281 e. The number of hydrogen-bond acceptors (Lipinski definition) is 1. The van der Waals surface area contributed by atoms with Gasteiger partial charge >= 0.3 is 0 Å². The van der Waals surface area contributed by atoms with Crippen LogP contribution in [0.5, 0.6) is 0 Å². The molecule has 0 saturated carbocycles. The number of carbonyl (C=O) groups excluding carboxylic acids is 1. The van der Waals surface area contributed by atoms with E-state index < -0.39 is 14.9 Å². The van der Waals surface area contributed by atoms with E-state index in [-0.39, 0.29) is 0 Å². The van der Waals surface area contributed by atoms with Crippen molar-refractivity contribution in [2.24, 2.45) is 5.92 Å². The Hall–Kier alpha value is 0.500. The second kappa shape index (κ2) is 3.70. The highest BCUT2D eigenvalue weighted by Gasteiger charge is 2.41. The minimum atomic E-state index is -1.08. The third-order valence-corrected chi connectivity index (χ3v) is 3.84. The van der Waals surface area contributed by atoms with E-state index in [1.807, 2.05) is 0 Å². The van der Waals surface area contributed by atoms with Crippen LogP contribution >= 0.6 is 50.7 Å². The first-order valence-corrected chi connectivity index (χ1v) is 5.00. The molecule has 2 atom stereocenters. The fourth-order valence-electron chi connectivity index (χ4n) is 0.850. The standard InChI is InChI=1S/C7H4BrCl3O/c8-7(11)4(6(10)12)2-1-3-5(7)9/h1-4H. The lowest BCUT2D eigenvalue weighted by Crippen LogP contribution is -2.30. The molecule has 5 heteroatoms. The van der Waals surface area contributed by atoms with Crippen molar-refractivity contribution in [3.8, 4) is 0 Å². The maximum absolute atomic E-state index is 10.9. The van der Waals surface area contributed by atoms with Gasteiger partial charge in [-0.25, -0.2) is 0 Å². The van der Waals surface area contributed by atoms with Crippen LogP contribution in [0.3, 0.4) is 0 Å². The van der Waals surface area contributed by atoms with Crippen LogP contribution in [0.4, 0.5) is 0 Å². The summed E-state index contributed by atoms with van der Waals surface area (Å²) in [5.74, 6) is -0.627. The van der Waals surface area contributed by atoms with Gasteiger partial charge in [0.25, 0.3) is 0 Å². The van der Waals surface area contributed by atoms with E-state index in [0.29, 0.717) is 5.03 Å². The normalized spacial score (nSPS) is 34.7. The average Bonchev–Trinajstić information content (AvgIpc) is 1.94. The molecule has 0 aromatic rings. The molecule has 0 fully saturated rings. The van der Waals surface area contributed by atoms with Crippen LogP contribution in [-0.4, -0.2) is 9.03 Å². The van der Waals surface area contributed by atoms with Crippen LogP contribution < -0.4 is 0 Å². The number of alkyl halides is 2. The summed E-state index contributed by atoms with van der Waals surface area (Å²) in [6.07, 6.45) is 4.86. The summed E-state index contributed by atoms with van der Waals surface area (Å²) in [6, 6.07) is 0. The Kier molecular flexibility index (Phi) is 3.27. The molecule has 1 rings (SSSR count). The first-order valence-electron chi connectivity index (χ1n) is 3.08. The molecule has 0 aromatic carbocycles. The molecule has 0 aliphatic heterocycles. The molecule has 66 valence electrons. The van der Waals surface area contributed by atoms with Crippen molar-refractivity contribution in [3.05, 3.63) is 23.3 Å². The summed E-state index contributed by atoms with van der Waals surface area (Å²) in [4.78, 5) is 10.9. The van der Waals surface area contributed by atoms with E-state index in [1.165, 1.54) is 0 Å². The molecule has 0 spiro atoms. The molecule has 0 N–H and O–H groups in total. The lowest BCUT2D eigenvalue weighted by Gasteiger charge is -2.26. The van der Waals surface area contributed by atoms with Crippen molar-refractivity contribution in [2.45, 2.75) is 3.78 Å². The van der Waals surface area contributed by atoms with Crippen molar-refractivity contribution < 1.29 is 4.79 Å². The van der Waals surface area contributed by atoms with Crippen molar-refractivity contribution in [1.82, 2.24) is 0 Å². The smallest absolute Gasteiger partial charge is 0.231 e. The molecule has 2 unspecified atom stereocenters. The van der Waals surface area contributed by atoms with Gasteiger partial charge in [0.05, 0.1) is 11.0 Å². The predicted molar refractivity (Wildman–Crippen MR) is 54.9 cm³/mol. The highest BCUT2D eigenvalue weighted by atomic mass is 79.9. The number of rotatable bonds is 1. The van der Waals surface area contributed by atoms with E-state index in [0.717, 1.165) is 0 Å². The SMILES string of the molecule is O=C(Cl)C1C=CC=C(Cl)C1(Cl)Br.